The van der Waals surface area contributed by atoms with Crippen LogP contribution in [0.15, 0.2) is 94.1 Å². The Hall–Kier alpha value is -3.12. The molecule has 37 heavy (non-hydrogen) atoms. The summed E-state index contributed by atoms with van der Waals surface area (Å²) in [6.07, 6.45) is -11.5. The molecule has 0 atom stereocenters. The number of benzene rings is 2. The molecule has 4 nitrogen and oxygen atoms in total. The maximum atomic E-state index is 14.4. The first-order valence-electron chi connectivity index (χ1n) is 10.4. The Kier molecular flexibility index (Phi) is 7.52. The minimum atomic E-state index is -5.73. The van der Waals surface area contributed by atoms with Crippen molar-refractivity contribution in [3.63, 3.8) is 0 Å². The van der Waals surface area contributed by atoms with Crippen LogP contribution in [0, 0.1) is 0 Å². The summed E-state index contributed by atoms with van der Waals surface area (Å²) in [5, 5.41) is 0. The van der Waals surface area contributed by atoms with Crippen molar-refractivity contribution in [1.29, 1.82) is 0 Å². The van der Waals surface area contributed by atoms with Crippen molar-refractivity contribution in [1.82, 2.24) is 9.97 Å². The third-order valence-corrected chi connectivity index (χ3v) is 6.13. The van der Waals surface area contributed by atoms with Crippen LogP contribution < -0.4 is 9.47 Å². The van der Waals surface area contributed by atoms with Gasteiger partial charge in [-0.15, -0.1) is 0 Å². The van der Waals surface area contributed by atoms with E-state index in [1.54, 1.807) is 24.3 Å². The average molecular weight is 648 g/mol. The number of hydrogen-bond donors (Lipinski definition) is 0. The van der Waals surface area contributed by atoms with Crippen LogP contribution in [0.2, 0.25) is 0 Å². The van der Waals surface area contributed by atoms with Crippen molar-refractivity contribution >= 4 is 31.9 Å². The van der Waals surface area contributed by atoms with Gasteiger partial charge in [-0.25, -0.2) is 9.97 Å². The van der Waals surface area contributed by atoms with Gasteiger partial charge in [0, 0.05) is 12.1 Å². The molecule has 0 bridgehead atoms. The van der Waals surface area contributed by atoms with Gasteiger partial charge in [0.2, 0.25) is 17.2 Å². The minimum absolute atomic E-state index is 0.0119. The van der Waals surface area contributed by atoms with E-state index in [0.29, 0.717) is 9.21 Å². The van der Waals surface area contributed by atoms with Crippen LogP contribution in [0.5, 0.6) is 23.3 Å². The van der Waals surface area contributed by atoms with Gasteiger partial charge in [0.05, 0.1) is 0 Å². The number of halogens is 8. The molecular weight excluding hydrogens is 634 g/mol. The predicted octanol–water partition coefficient (Wildman–Crippen LogP) is 9.00. The third kappa shape index (κ3) is 5.59. The van der Waals surface area contributed by atoms with E-state index in [-0.39, 0.29) is 23.3 Å². The van der Waals surface area contributed by atoms with Crippen LogP contribution in [-0.2, 0) is 5.41 Å². The molecule has 0 aliphatic rings. The monoisotopic (exact) mass is 646 g/mol. The Morgan fingerprint density at radius 2 is 0.865 bits per heavy atom. The fourth-order valence-electron chi connectivity index (χ4n) is 3.66. The fraction of sp³-hybridized carbons (Fsp3) is 0.120. The number of pyridine rings is 2. The van der Waals surface area contributed by atoms with Crippen molar-refractivity contribution in [3.05, 3.63) is 105 Å². The molecule has 2 aromatic heterocycles. The summed E-state index contributed by atoms with van der Waals surface area (Å²) >= 11 is 6.31. The molecule has 4 rings (SSSR count). The normalized spacial score (nSPS) is 12.3. The van der Waals surface area contributed by atoms with E-state index < -0.39 is 28.9 Å². The summed E-state index contributed by atoms with van der Waals surface area (Å²) in [6, 6.07) is 16.5. The van der Waals surface area contributed by atoms with Gasteiger partial charge in [0.25, 0.3) is 0 Å². The van der Waals surface area contributed by atoms with Crippen LogP contribution in [-0.4, -0.2) is 22.3 Å². The van der Waals surface area contributed by atoms with Gasteiger partial charge in [-0.3, -0.25) is 0 Å². The summed E-state index contributed by atoms with van der Waals surface area (Å²) in [5.74, 6) is 0.238. The molecule has 4 aromatic rings. The van der Waals surface area contributed by atoms with Gasteiger partial charge in [-0.2, -0.15) is 26.3 Å². The minimum Gasteiger partial charge on any atom is -0.439 e. The molecular formula is C25H14Br2F6N2O2. The molecule has 2 heterocycles. The third-order valence-electron chi connectivity index (χ3n) is 5.25. The Morgan fingerprint density at radius 1 is 0.514 bits per heavy atom. The maximum Gasteiger partial charge on any atom is 0.411 e. The van der Waals surface area contributed by atoms with E-state index in [1.807, 2.05) is 0 Å². The Bertz CT molecular complexity index is 1270. The largest absolute Gasteiger partial charge is 0.439 e. The zero-order valence-electron chi connectivity index (χ0n) is 18.3. The summed E-state index contributed by atoms with van der Waals surface area (Å²) in [5.41, 5.74) is -6.35. The first-order chi connectivity index (χ1) is 17.4. The SMILES string of the molecule is FC(F)(F)C(c1ccc(Oc2cccc(Br)n2)cc1)(c1ccc(Oc2cccc(Br)n2)cc1)C(F)(F)F. The second kappa shape index (κ2) is 10.3. The van der Waals surface area contributed by atoms with Crippen molar-refractivity contribution in [2.75, 3.05) is 0 Å². The molecule has 2 aromatic carbocycles. The number of rotatable bonds is 6. The number of nitrogens with zero attached hydrogens (tertiary/aromatic N) is 2. The smallest absolute Gasteiger partial charge is 0.411 e. The van der Waals surface area contributed by atoms with Gasteiger partial charge in [0.1, 0.15) is 20.7 Å². The van der Waals surface area contributed by atoms with Crippen molar-refractivity contribution in [3.8, 4) is 23.3 Å². The highest BCUT2D eigenvalue weighted by Gasteiger charge is 2.72. The Balaban J connectivity index is 1.73. The highest BCUT2D eigenvalue weighted by molar-refractivity contribution is 9.10. The van der Waals surface area contributed by atoms with Crippen molar-refractivity contribution in [2.24, 2.45) is 0 Å². The molecule has 0 N–H and O–H groups in total. The van der Waals surface area contributed by atoms with Crippen molar-refractivity contribution < 1.29 is 35.8 Å². The number of hydrogen-bond acceptors (Lipinski definition) is 4. The lowest BCUT2D eigenvalue weighted by Crippen LogP contribution is -2.54. The Morgan fingerprint density at radius 3 is 1.16 bits per heavy atom. The van der Waals surface area contributed by atoms with E-state index in [9.17, 15) is 26.3 Å². The lowest BCUT2D eigenvalue weighted by molar-refractivity contribution is -0.288. The molecule has 12 heteroatoms. The zero-order valence-corrected chi connectivity index (χ0v) is 21.5. The zero-order chi connectivity index (χ0) is 26.8. The standard InChI is InChI=1S/C25H14Br2F6N2O2/c26-19-3-1-5-21(34-19)36-17-11-7-15(8-12-17)23(24(28,29)30,25(31,32)33)16-9-13-18(14-10-16)37-22-6-2-4-20(27)35-22/h1-14H. The second-order valence-corrected chi connectivity index (χ2v) is 9.22. The van der Waals surface area contributed by atoms with Crippen molar-refractivity contribution in [2.45, 2.75) is 17.8 Å². The maximum absolute atomic E-state index is 14.4. The predicted molar refractivity (Wildman–Crippen MR) is 130 cm³/mol. The van der Waals surface area contributed by atoms with Crippen LogP contribution in [0.4, 0.5) is 26.3 Å². The van der Waals surface area contributed by atoms with E-state index in [1.165, 1.54) is 12.1 Å². The summed E-state index contributed by atoms with van der Waals surface area (Å²) in [4.78, 5) is 8.05. The number of alkyl halides is 6. The second-order valence-electron chi connectivity index (χ2n) is 7.60. The quantitative estimate of drug-likeness (QED) is 0.155. The average Bonchev–Trinajstić information content (AvgIpc) is 2.80. The van der Waals surface area contributed by atoms with E-state index in [4.69, 9.17) is 9.47 Å². The molecule has 0 spiro atoms. The molecule has 192 valence electrons. The Labute approximate surface area is 223 Å². The first kappa shape index (κ1) is 26.9. The molecule has 0 unspecified atom stereocenters. The van der Waals surface area contributed by atoms with E-state index in [0.717, 1.165) is 48.5 Å². The van der Waals surface area contributed by atoms with Crippen LogP contribution in [0.3, 0.4) is 0 Å². The summed E-state index contributed by atoms with van der Waals surface area (Å²) in [6.45, 7) is 0. The van der Waals surface area contributed by atoms with Gasteiger partial charge >= 0.3 is 12.4 Å². The highest BCUT2D eigenvalue weighted by atomic mass is 79.9. The van der Waals surface area contributed by atoms with Crippen LogP contribution in [0.25, 0.3) is 0 Å². The number of aromatic nitrogens is 2. The molecule has 0 aliphatic carbocycles. The molecule has 0 saturated carbocycles. The lowest BCUT2D eigenvalue weighted by atomic mass is 9.73. The number of ether oxygens (including phenoxy) is 2. The fourth-order valence-corrected chi connectivity index (χ4v) is 4.32. The molecule has 0 amide bonds. The lowest BCUT2D eigenvalue weighted by Gasteiger charge is -2.38. The summed E-state index contributed by atoms with van der Waals surface area (Å²) < 4.78 is 98.3. The van der Waals surface area contributed by atoms with Gasteiger partial charge in [-0.05, 0) is 79.4 Å². The first-order valence-corrected chi connectivity index (χ1v) is 11.9. The van der Waals surface area contributed by atoms with E-state index >= 15 is 0 Å². The molecule has 0 aliphatic heterocycles. The van der Waals surface area contributed by atoms with Gasteiger partial charge in [0.15, 0.2) is 0 Å². The van der Waals surface area contributed by atoms with Gasteiger partial charge in [-0.1, -0.05) is 36.4 Å². The topological polar surface area (TPSA) is 44.2 Å². The summed E-state index contributed by atoms with van der Waals surface area (Å²) in [7, 11) is 0. The molecule has 0 radical (unpaired) electrons. The van der Waals surface area contributed by atoms with Crippen LogP contribution >= 0.6 is 31.9 Å². The van der Waals surface area contributed by atoms with E-state index in [2.05, 4.69) is 41.8 Å². The molecule has 0 fully saturated rings. The van der Waals surface area contributed by atoms with Gasteiger partial charge < -0.3 is 9.47 Å². The molecule has 0 saturated heterocycles. The van der Waals surface area contributed by atoms with Crippen LogP contribution in [0.1, 0.15) is 11.1 Å². The highest BCUT2D eigenvalue weighted by Crippen LogP contribution is 2.56.